The highest BCUT2D eigenvalue weighted by atomic mass is 32.1. The number of phenolic OH excluding ortho intramolecular Hbond substituents is 2. The van der Waals surface area contributed by atoms with E-state index in [1.54, 1.807) is 11.4 Å². The van der Waals surface area contributed by atoms with Crippen molar-refractivity contribution >= 4 is 16.5 Å². The van der Waals surface area contributed by atoms with Gasteiger partial charge in [0.15, 0.2) is 16.6 Å². The lowest BCUT2D eigenvalue weighted by atomic mass is 10.1. The Hall–Kier alpha value is -1.79. The van der Waals surface area contributed by atoms with Gasteiger partial charge in [0, 0.05) is 10.9 Å². The fraction of sp³-hybridized carbons (Fsp3) is 0. The summed E-state index contributed by atoms with van der Waals surface area (Å²) in [5, 5.41) is 20.9. The van der Waals surface area contributed by atoms with Crippen molar-refractivity contribution in [1.29, 1.82) is 0 Å². The standard InChI is InChI=1S/C9H9N3O2S/c10-12-9-11-6(4-15-9)5-1-2-7(13)8(14)3-5/h1-4,13-14H,10H2,(H,11,12). The van der Waals surface area contributed by atoms with Gasteiger partial charge in [-0.15, -0.1) is 11.3 Å². The number of aromatic hydroxyl groups is 2. The van der Waals surface area contributed by atoms with Crippen LogP contribution in [0.4, 0.5) is 5.13 Å². The van der Waals surface area contributed by atoms with Gasteiger partial charge >= 0.3 is 0 Å². The summed E-state index contributed by atoms with van der Waals surface area (Å²) >= 11 is 1.36. The number of hydrazine groups is 1. The first-order valence-electron chi connectivity index (χ1n) is 4.15. The van der Waals surface area contributed by atoms with E-state index in [0.29, 0.717) is 10.8 Å². The zero-order valence-corrected chi connectivity index (χ0v) is 8.45. The smallest absolute Gasteiger partial charge is 0.197 e. The van der Waals surface area contributed by atoms with Gasteiger partial charge in [-0.3, -0.25) is 5.43 Å². The van der Waals surface area contributed by atoms with Crippen LogP contribution < -0.4 is 11.3 Å². The molecule has 0 bridgehead atoms. The average molecular weight is 223 g/mol. The molecule has 0 saturated heterocycles. The first-order chi connectivity index (χ1) is 7.20. The molecule has 1 aromatic heterocycles. The molecule has 1 aromatic carbocycles. The number of nitrogens with one attached hydrogen (secondary N) is 1. The molecule has 0 spiro atoms. The van der Waals surface area contributed by atoms with Crippen LogP contribution in [0.15, 0.2) is 23.6 Å². The molecule has 1 heterocycles. The van der Waals surface area contributed by atoms with Gasteiger partial charge in [-0.05, 0) is 18.2 Å². The number of benzene rings is 1. The van der Waals surface area contributed by atoms with Crippen LogP contribution in [0.3, 0.4) is 0 Å². The van der Waals surface area contributed by atoms with E-state index < -0.39 is 0 Å². The van der Waals surface area contributed by atoms with E-state index in [4.69, 9.17) is 10.9 Å². The van der Waals surface area contributed by atoms with Crippen molar-refractivity contribution in [3.63, 3.8) is 0 Å². The van der Waals surface area contributed by atoms with Gasteiger partial charge in [-0.25, -0.2) is 10.8 Å². The number of anilines is 1. The Morgan fingerprint density at radius 1 is 1.27 bits per heavy atom. The van der Waals surface area contributed by atoms with Crippen LogP contribution in [0.5, 0.6) is 11.5 Å². The lowest BCUT2D eigenvalue weighted by molar-refractivity contribution is 0.404. The maximum atomic E-state index is 9.31. The molecule has 5 N–H and O–H groups in total. The molecule has 6 heteroatoms. The second-order valence-corrected chi connectivity index (χ2v) is 3.74. The van der Waals surface area contributed by atoms with Crippen molar-refractivity contribution in [2.75, 3.05) is 5.43 Å². The minimum atomic E-state index is -0.164. The number of rotatable bonds is 2. The topological polar surface area (TPSA) is 91.4 Å². The van der Waals surface area contributed by atoms with Crippen molar-refractivity contribution in [2.45, 2.75) is 0 Å². The third kappa shape index (κ3) is 1.85. The molecule has 2 rings (SSSR count). The predicted molar refractivity (Wildman–Crippen MR) is 58.7 cm³/mol. The highest BCUT2D eigenvalue weighted by molar-refractivity contribution is 7.14. The van der Waals surface area contributed by atoms with Crippen LogP contribution in [0.1, 0.15) is 0 Å². The highest BCUT2D eigenvalue weighted by Gasteiger charge is 2.06. The second kappa shape index (κ2) is 3.76. The summed E-state index contributed by atoms with van der Waals surface area (Å²) in [5.41, 5.74) is 3.86. The Morgan fingerprint density at radius 2 is 2.07 bits per heavy atom. The third-order valence-corrected chi connectivity index (χ3v) is 2.67. The van der Waals surface area contributed by atoms with E-state index in [1.807, 2.05) is 0 Å². The summed E-state index contributed by atoms with van der Waals surface area (Å²) in [6.07, 6.45) is 0. The van der Waals surface area contributed by atoms with Crippen LogP contribution in [0.2, 0.25) is 0 Å². The van der Waals surface area contributed by atoms with Gasteiger partial charge in [0.2, 0.25) is 0 Å². The van der Waals surface area contributed by atoms with Crippen molar-refractivity contribution in [2.24, 2.45) is 5.84 Å². The van der Waals surface area contributed by atoms with Gasteiger partial charge < -0.3 is 10.2 Å². The molecule has 78 valence electrons. The summed E-state index contributed by atoms with van der Waals surface area (Å²) in [6, 6.07) is 4.54. The number of nitrogen functional groups attached to an aromatic ring is 1. The lowest BCUT2D eigenvalue weighted by Crippen LogP contribution is -2.05. The van der Waals surface area contributed by atoms with Crippen LogP contribution in [-0.2, 0) is 0 Å². The van der Waals surface area contributed by atoms with Gasteiger partial charge in [-0.1, -0.05) is 0 Å². The predicted octanol–water partition coefficient (Wildman–Crippen LogP) is 1.51. The SMILES string of the molecule is NNc1nc(-c2ccc(O)c(O)c2)cs1. The first-order valence-corrected chi connectivity index (χ1v) is 5.03. The average Bonchev–Trinajstić information content (AvgIpc) is 2.70. The van der Waals surface area contributed by atoms with Gasteiger partial charge in [-0.2, -0.15) is 0 Å². The van der Waals surface area contributed by atoms with E-state index in [9.17, 15) is 5.11 Å². The summed E-state index contributed by atoms with van der Waals surface area (Å²) in [7, 11) is 0. The Kier molecular flexibility index (Phi) is 2.44. The Labute approximate surface area is 89.8 Å². The minimum absolute atomic E-state index is 0.147. The molecule has 0 aliphatic carbocycles. The molecular weight excluding hydrogens is 214 g/mol. The number of hydrogen-bond acceptors (Lipinski definition) is 6. The lowest BCUT2D eigenvalue weighted by Gasteiger charge is -2.00. The number of nitrogens with two attached hydrogens (primary N) is 1. The molecule has 0 atom stereocenters. The van der Waals surface area contributed by atoms with E-state index in [0.717, 1.165) is 5.56 Å². The molecule has 0 unspecified atom stereocenters. The van der Waals surface area contributed by atoms with E-state index >= 15 is 0 Å². The van der Waals surface area contributed by atoms with Crippen molar-refractivity contribution < 1.29 is 10.2 Å². The zero-order valence-electron chi connectivity index (χ0n) is 7.64. The van der Waals surface area contributed by atoms with Crippen molar-refractivity contribution in [3.8, 4) is 22.8 Å². The number of phenols is 2. The van der Waals surface area contributed by atoms with Crippen molar-refractivity contribution in [3.05, 3.63) is 23.6 Å². The highest BCUT2D eigenvalue weighted by Crippen LogP contribution is 2.31. The fourth-order valence-corrected chi connectivity index (χ4v) is 1.79. The monoisotopic (exact) mass is 223 g/mol. The van der Waals surface area contributed by atoms with Crippen LogP contribution >= 0.6 is 11.3 Å². The van der Waals surface area contributed by atoms with Gasteiger partial charge in [0.05, 0.1) is 5.69 Å². The molecule has 0 aliphatic rings. The van der Waals surface area contributed by atoms with Crippen LogP contribution in [0, 0.1) is 0 Å². The minimum Gasteiger partial charge on any atom is -0.504 e. The molecule has 2 aromatic rings. The quantitative estimate of drug-likeness (QED) is 0.352. The molecule has 0 aliphatic heterocycles. The Morgan fingerprint density at radius 3 is 2.67 bits per heavy atom. The molecule has 0 amide bonds. The largest absolute Gasteiger partial charge is 0.504 e. The Balaban J connectivity index is 2.40. The molecule has 0 fully saturated rings. The second-order valence-electron chi connectivity index (χ2n) is 2.89. The van der Waals surface area contributed by atoms with Crippen LogP contribution in [0.25, 0.3) is 11.3 Å². The summed E-state index contributed by atoms with van der Waals surface area (Å²) in [5.74, 6) is 4.89. The molecular formula is C9H9N3O2S. The maximum absolute atomic E-state index is 9.31. The normalized spacial score (nSPS) is 10.2. The van der Waals surface area contributed by atoms with E-state index in [2.05, 4.69) is 10.4 Å². The van der Waals surface area contributed by atoms with E-state index in [1.165, 1.54) is 23.5 Å². The molecule has 15 heavy (non-hydrogen) atoms. The number of nitrogens with zero attached hydrogens (tertiary/aromatic N) is 1. The number of thiazole rings is 1. The number of aromatic nitrogens is 1. The van der Waals surface area contributed by atoms with Crippen LogP contribution in [-0.4, -0.2) is 15.2 Å². The maximum Gasteiger partial charge on any atom is 0.197 e. The van der Waals surface area contributed by atoms with Gasteiger partial charge in [0.25, 0.3) is 0 Å². The number of hydrogen-bond donors (Lipinski definition) is 4. The molecule has 0 saturated carbocycles. The molecule has 5 nitrogen and oxygen atoms in total. The summed E-state index contributed by atoms with van der Waals surface area (Å²) in [4.78, 5) is 4.16. The third-order valence-electron chi connectivity index (χ3n) is 1.90. The molecule has 0 radical (unpaired) electrons. The van der Waals surface area contributed by atoms with Crippen molar-refractivity contribution in [1.82, 2.24) is 4.98 Å². The summed E-state index contributed by atoms with van der Waals surface area (Å²) < 4.78 is 0. The Bertz CT molecular complexity index is 484. The van der Waals surface area contributed by atoms with Gasteiger partial charge in [0.1, 0.15) is 0 Å². The first kappa shape index (κ1) is 9.75. The fourth-order valence-electron chi connectivity index (χ4n) is 1.16. The summed E-state index contributed by atoms with van der Waals surface area (Å²) in [6.45, 7) is 0. The van der Waals surface area contributed by atoms with E-state index in [-0.39, 0.29) is 11.5 Å². The zero-order chi connectivity index (χ0) is 10.8.